The van der Waals surface area contributed by atoms with E-state index in [1.165, 1.54) is 4.57 Å². The number of hydrogen-bond acceptors (Lipinski definition) is 7. The summed E-state index contributed by atoms with van der Waals surface area (Å²) in [6, 6.07) is 5.42. The van der Waals surface area contributed by atoms with Gasteiger partial charge in [0.2, 0.25) is 0 Å². The summed E-state index contributed by atoms with van der Waals surface area (Å²) >= 11 is 0. The SMILES string of the molecule is C=C(C)C(=O)n1ccc(N2CCOc3cc(C(=O)N4CCCC(N)C4)cnc32)c/c1=N/C. The number of pyridine rings is 2. The number of fused-ring (bicyclic) bond motifs is 1. The number of rotatable bonds is 3. The first kappa shape index (κ1) is 21.8. The molecule has 32 heavy (non-hydrogen) atoms. The minimum atomic E-state index is -0.210. The molecule has 0 bridgehead atoms. The molecule has 2 aliphatic rings. The second kappa shape index (κ2) is 8.96. The van der Waals surface area contributed by atoms with Crippen molar-refractivity contribution in [3.63, 3.8) is 0 Å². The predicted octanol–water partition coefficient (Wildman–Crippen LogP) is 1.72. The van der Waals surface area contributed by atoms with E-state index in [1.54, 1.807) is 37.3 Å². The lowest BCUT2D eigenvalue weighted by Gasteiger charge is -2.32. The molecule has 168 valence electrons. The highest BCUT2D eigenvalue weighted by Crippen LogP contribution is 2.35. The van der Waals surface area contributed by atoms with Gasteiger partial charge >= 0.3 is 0 Å². The molecule has 1 amide bonds. The van der Waals surface area contributed by atoms with Crippen LogP contribution in [0.4, 0.5) is 11.5 Å². The summed E-state index contributed by atoms with van der Waals surface area (Å²) in [5.74, 6) is 0.878. The van der Waals surface area contributed by atoms with Gasteiger partial charge in [-0.3, -0.25) is 19.1 Å². The van der Waals surface area contributed by atoms with Gasteiger partial charge in [-0.1, -0.05) is 6.58 Å². The van der Waals surface area contributed by atoms with Crippen LogP contribution in [0.2, 0.25) is 0 Å². The number of carbonyl (C=O) groups excluding carboxylic acids is 2. The van der Waals surface area contributed by atoms with Gasteiger partial charge in [0, 0.05) is 55.9 Å². The van der Waals surface area contributed by atoms with Gasteiger partial charge in [0.15, 0.2) is 11.6 Å². The van der Waals surface area contributed by atoms with Crippen LogP contribution >= 0.6 is 0 Å². The maximum atomic E-state index is 12.9. The maximum absolute atomic E-state index is 12.9. The third-order valence-corrected chi connectivity index (χ3v) is 5.70. The number of carbonyl (C=O) groups is 2. The minimum absolute atomic E-state index is 0.0146. The molecule has 1 saturated heterocycles. The molecule has 1 atom stereocenters. The van der Waals surface area contributed by atoms with E-state index in [4.69, 9.17) is 10.5 Å². The molecule has 4 heterocycles. The van der Waals surface area contributed by atoms with Crippen LogP contribution in [0, 0.1) is 0 Å². The Bertz CT molecular complexity index is 1140. The lowest BCUT2D eigenvalue weighted by atomic mass is 10.1. The molecule has 0 radical (unpaired) electrons. The van der Waals surface area contributed by atoms with Crippen molar-refractivity contribution in [2.24, 2.45) is 10.7 Å². The fourth-order valence-corrected chi connectivity index (χ4v) is 4.04. The lowest BCUT2D eigenvalue weighted by molar-refractivity contribution is 0.0707. The number of likely N-dealkylation sites (tertiary alicyclic amines) is 1. The van der Waals surface area contributed by atoms with Crippen molar-refractivity contribution in [3.8, 4) is 5.75 Å². The zero-order valence-electron chi connectivity index (χ0n) is 18.5. The van der Waals surface area contributed by atoms with Gasteiger partial charge in [0.25, 0.3) is 11.8 Å². The summed E-state index contributed by atoms with van der Waals surface area (Å²) in [4.78, 5) is 37.9. The molecule has 0 saturated carbocycles. The average Bonchev–Trinajstić information content (AvgIpc) is 2.81. The van der Waals surface area contributed by atoms with E-state index in [9.17, 15) is 9.59 Å². The first-order valence-corrected chi connectivity index (χ1v) is 10.7. The quantitative estimate of drug-likeness (QED) is 0.735. The Balaban J connectivity index is 1.64. The van der Waals surface area contributed by atoms with E-state index in [0.717, 1.165) is 18.5 Å². The van der Waals surface area contributed by atoms with Crippen molar-refractivity contribution in [2.45, 2.75) is 25.8 Å². The number of hydrogen-bond donors (Lipinski definition) is 1. The van der Waals surface area contributed by atoms with E-state index in [1.807, 2.05) is 17.0 Å². The fraction of sp³-hybridized carbons (Fsp3) is 0.391. The molecule has 2 N–H and O–H groups in total. The molecule has 2 aromatic heterocycles. The number of amides is 1. The Morgan fingerprint density at radius 3 is 2.84 bits per heavy atom. The molecule has 1 fully saturated rings. The third kappa shape index (κ3) is 4.16. The van der Waals surface area contributed by atoms with Crippen LogP contribution in [-0.2, 0) is 0 Å². The highest BCUT2D eigenvalue weighted by atomic mass is 16.5. The van der Waals surface area contributed by atoms with Crippen LogP contribution < -0.4 is 20.9 Å². The Labute approximate surface area is 186 Å². The van der Waals surface area contributed by atoms with Crippen LogP contribution in [0.15, 0.2) is 47.7 Å². The number of piperidine rings is 1. The molecule has 0 aromatic carbocycles. The normalized spacial score (nSPS) is 18.7. The second-order valence-electron chi connectivity index (χ2n) is 8.12. The molecule has 9 nitrogen and oxygen atoms in total. The average molecular weight is 437 g/mol. The van der Waals surface area contributed by atoms with Gasteiger partial charge in [0.1, 0.15) is 12.1 Å². The second-order valence-corrected chi connectivity index (χ2v) is 8.12. The molecular formula is C23H28N6O3. The van der Waals surface area contributed by atoms with Crippen LogP contribution in [0.5, 0.6) is 5.75 Å². The van der Waals surface area contributed by atoms with Crippen LogP contribution in [0.3, 0.4) is 0 Å². The molecule has 2 aromatic rings. The van der Waals surface area contributed by atoms with E-state index >= 15 is 0 Å². The zero-order valence-corrected chi connectivity index (χ0v) is 18.5. The molecular weight excluding hydrogens is 408 g/mol. The van der Waals surface area contributed by atoms with Crippen molar-refractivity contribution < 1.29 is 14.3 Å². The lowest BCUT2D eigenvalue weighted by Crippen LogP contribution is -2.45. The molecule has 2 aliphatic heterocycles. The van der Waals surface area contributed by atoms with Crippen molar-refractivity contribution >= 4 is 23.3 Å². The van der Waals surface area contributed by atoms with Crippen LogP contribution in [-0.4, -0.2) is 65.6 Å². The Morgan fingerprint density at radius 2 is 2.12 bits per heavy atom. The summed E-state index contributed by atoms with van der Waals surface area (Å²) in [5.41, 5.74) is 8.28. The molecule has 9 heteroatoms. The number of aromatic nitrogens is 2. The van der Waals surface area contributed by atoms with Gasteiger partial charge in [-0.2, -0.15) is 0 Å². The highest BCUT2D eigenvalue weighted by molar-refractivity contribution is 5.95. The van der Waals surface area contributed by atoms with Crippen molar-refractivity contribution in [2.75, 3.05) is 38.2 Å². The number of ether oxygens (including phenoxy) is 1. The van der Waals surface area contributed by atoms with Crippen LogP contribution in [0.25, 0.3) is 0 Å². The van der Waals surface area contributed by atoms with E-state index in [2.05, 4.69) is 16.6 Å². The molecule has 0 spiro atoms. The standard InChI is InChI=1S/C23H28N6O3/c1-15(2)22(30)29-8-6-18(12-20(29)25-3)28-9-10-32-19-11-16(13-26-21(19)28)23(31)27-7-4-5-17(24)14-27/h6,8,11-13,17H,1,4-5,7,9-10,14,24H2,2-3H3/b25-20-. The molecule has 4 rings (SSSR count). The van der Waals surface area contributed by atoms with Gasteiger partial charge in [-0.05, 0) is 31.9 Å². The Hall–Kier alpha value is -3.46. The van der Waals surface area contributed by atoms with E-state index in [-0.39, 0.29) is 17.9 Å². The zero-order chi connectivity index (χ0) is 22.8. The summed E-state index contributed by atoms with van der Waals surface area (Å²) in [7, 11) is 1.64. The van der Waals surface area contributed by atoms with Crippen molar-refractivity contribution in [1.82, 2.24) is 14.5 Å². The third-order valence-electron chi connectivity index (χ3n) is 5.70. The number of anilines is 2. The molecule has 1 unspecified atom stereocenters. The number of nitrogens with zero attached hydrogens (tertiary/aromatic N) is 5. The van der Waals surface area contributed by atoms with Gasteiger partial charge in [-0.25, -0.2) is 4.98 Å². The van der Waals surface area contributed by atoms with Gasteiger partial charge in [0.05, 0.1) is 12.1 Å². The highest BCUT2D eigenvalue weighted by Gasteiger charge is 2.26. The van der Waals surface area contributed by atoms with Gasteiger partial charge < -0.3 is 20.3 Å². The number of allylic oxidation sites excluding steroid dienone is 1. The predicted molar refractivity (Wildman–Crippen MR) is 121 cm³/mol. The number of nitrogens with two attached hydrogens (primary N) is 1. The van der Waals surface area contributed by atoms with E-state index in [0.29, 0.717) is 54.4 Å². The first-order chi connectivity index (χ1) is 15.4. The topological polar surface area (TPSA) is 106 Å². The monoisotopic (exact) mass is 436 g/mol. The van der Waals surface area contributed by atoms with Crippen molar-refractivity contribution in [1.29, 1.82) is 0 Å². The fourth-order valence-electron chi connectivity index (χ4n) is 4.04. The van der Waals surface area contributed by atoms with Crippen molar-refractivity contribution in [3.05, 3.63) is 53.8 Å². The summed E-state index contributed by atoms with van der Waals surface area (Å²) in [6.07, 6.45) is 5.11. The molecule has 0 aliphatic carbocycles. The Morgan fingerprint density at radius 1 is 1.31 bits per heavy atom. The first-order valence-electron chi connectivity index (χ1n) is 10.7. The summed E-state index contributed by atoms with van der Waals surface area (Å²) in [5, 5.41) is 0. The minimum Gasteiger partial charge on any atom is -0.488 e. The summed E-state index contributed by atoms with van der Waals surface area (Å²) < 4.78 is 7.29. The largest absolute Gasteiger partial charge is 0.488 e. The van der Waals surface area contributed by atoms with Gasteiger partial charge in [-0.15, -0.1) is 0 Å². The maximum Gasteiger partial charge on any atom is 0.258 e. The van der Waals surface area contributed by atoms with E-state index < -0.39 is 0 Å². The Kier molecular flexibility index (Phi) is 6.09. The smallest absolute Gasteiger partial charge is 0.258 e. The van der Waals surface area contributed by atoms with Crippen LogP contribution in [0.1, 0.15) is 34.9 Å². The summed E-state index contributed by atoms with van der Waals surface area (Å²) in [6.45, 7) is 7.67.